The number of amidine groups is 1. The number of thioether (sulfide) groups is 1. The van der Waals surface area contributed by atoms with Crippen molar-refractivity contribution in [2.45, 2.75) is 58.0 Å². The number of H-pyrrole nitrogens is 1. The minimum atomic E-state index is -0.394. The number of carbonyl (C=O) groups excluding carboxylic acids is 1. The fourth-order valence-electron chi connectivity index (χ4n) is 4.11. The van der Waals surface area contributed by atoms with Crippen LogP contribution >= 0.6 is 11.8 Å². The predicted molar refractivity (Wildman–Crippen MR) is 135 cm³/mol. The van der Waals surface area contributed by atoms with Crippen molar-refractivity contribution in [1.29, 1.82) is 10.8 Å². The summed E-state index contributed by atoms with van der Waals surface area (Å²) in [6.07, 6.45) is 5.67. The van der Waals surface area contributed by atoms with Crippen LogP contribution in [0.4, 0.5) is 0 Å². The molecule has 1 aliphatic heterocycles. The monoisotopic (exact) mass is 456 g/mol. The molecule has 1 saturated heterocycles. The van der Waals surface area contributed by atoms with Crippen LogP contribution in [0.15, 0.2) is 30.5 Å². The Balaban J connectivity index is 1.60. The van der Waals surface area contributed by atoms with Gasteiger partial charge in [0.1, 0.15) is 0 Å². The first-order valence-corrected chi connectivity index (χ1v) is 12.2. The van der Waals surface area contributed by atoms with Gasteiger partial charge in [0.2, 0.25) is 0 Å². The Bertz CT molecular complexity index is 968. The molecule has 7 nitrogen and oxygen atoms in total. The van der Waals surface area contributed by atoms with Gasteiger partial charge in [0, 0.05) is 48.3 Å². The maximum atomic E-state index is 12.8. The van der Waals surface area contributed by atoms with Crippen LogP contribution in [-0.4, -0.2) is 69.2 Å². The number of fused-ring (bicyclic) bond motifs is 1. The number of benzene rings is 1. The van der Waals surface area contributed by atoms with Gasteiger partial charge in [0.15, 0.2) is 10.2 Å². The van der Waals surface area contributed by atoms with Crippen molar-refractivity contribution in [2.75, 3.05) is 26.7 Å². The quantitative estimate of drug-likeness (QED) is 0.389. The average Bonchev–Trinajstić information content (AvgIpc) is 3.16. The van der Waals surface area contributed by atoms with Crippen LogP contribution in [0.25, 0.3) is 10.9 Å². The number of para-hydroxylation sites is 1. The third kappa shape index (κ3) is 5.92. The Labute approximate surface area is 195 Å². The van der Waals surface area contributed by atoms with E-state index in [1.807, 2.05) is 23.2 Å². The molecule has 1 fully saturated rings. The van der Waals surface area contributed by atoms with Crippen LogP contribution in [0.3, 0.4) is 0 Å². The molecule has 0 aliphatic carbocycles. The van der Waals surface area contributed by atoms with Crippen LogP contribution in [0.1, 0.15) is 45.6 Å². The molecule has 174 valence electrons. The maximum absolute atomic E-state index is 12.8. The summed E-state index contributed by atoms with van der Waals surface area (Å²) < 4.78 is 0. The van der Waals surface area contributed by atoms with Crippen LogP contribution < -0.4 is 5.32 Å². The lowest BCUT2D eigenvalue weighted by molar-refractivity contribution is -0.115. The summed E-state index contributed by atoms with van der Waals surface area (Å²) >= 11 is 0.948. The second-order valence-electron chi connectivity index (χ2n) is 9.27. The van der Waals surface area contributed by atoms with E-state index in [0.717, 1.165) is 56.1 Å². The summed E-state index contributed by atoms with van der Waals surface area (Å²) in [6.45, 7) is 8.75. The van der Waals surface area contributed by atoms with E-state index in [4.69, 9.17) is 10.8 Å². The Kier molecular flexibility index (Phi) is 8.00. The Morgan fingerprint density at radius 1 is 1.28 bits per heavy atom. The molecule has 3 rings (SSSR count). The average molecular weight is 457 g/mol. The molecule has 1 aromatic carbocycles. The second kappa shape index (κ2) is 10.5. The first-order valence-electron chi connectivity index (χ1n) is 11.4. The first kappa shape index (κ1) is 24.3. The van der Waals surface area contributed by atoms with E-state index in [2.05, 4.69) is 55.2 Å². The number of hydrogen-bond donors (Lipinski definition) is 4. The summed E-state index contributed by atoms with van der Waals surface area (Å²) in [5.74, 6) is -0.394. The number of carbonyl (C=O) groups is 1. The van der Waals surface area contributed by atoms with Crippen molar-refractivity contribution < 1.29 is 4.79 Å². The largest absolute Gasteiger partial charge is 0.361 e. The van der Waals surface area contributed by atoms with E-state index < -0.39 is 5.91 Å². The van der Waals surface area contributed by atoms with Crippen molar-refractivity contribution in [2.24, 2.45) is 0 Å². The zero-order valence-electron chi connectivity index (χ0n) is 19.6. The van der Waals surface area contributed by atoms with Crippen LogP contribution in [-0.2, 0) is 11.2 Å². The van der Waals surface area contributed by atoms with Gasteiger partial charge in [-0.05, 0) is 57.1 Å². The van der Waals surface area contributed by atoms with Gasteiger partial charge < -0.3 is 15.2 Å². The summed E-state index contributed by atoms with van der Waals surface area (Å²) in [5, 5.41) is 21.1. The van der Waals surface area contributed by atoms with Gasteiger partial charge in [-0.1, -0.05) is 38.0 Å². The maximum Gasteiger partial charge on any atom is 0.276 e. The van der Waals surface area contributed by atoms with Crippen LogP contribution in [0, 0.1) is 10.8 Å². The SMILES string of the molecule is CCCCC(Cc1c[nH]c2ccccc12)NC(=O)C(=N)SC(=N)N1CCN(C)C(C)(C)C1. The topological polar surface area (TPSA) is 99.1 Å². The van der Waals surface area contributed by atoms with E-state index in [-0.39, 0.29) is 21.8 Å². The van der Waals surface area contributed by atoms with Gasteiger partial charge in [0.25, 0.3) is 5.91 Å². The minimum absolute atomic E-state index is 0.0415. The van der Waals surface area contributed by atoms with Crippen molar-refractivity contribution >= 4 is 38.8 Å². The number of unbranched alkanes of at least 4 members (excludes halogenated alkanes) is 1. The first-order chi connectivity index (χ1) is 15.2. The third-order valence-electron chi connectivity index (χ3n) is 6.39. The van der Waals surface area contributed by atoms with E-state index in [1.165, 1.54) is 10.9 Å². The summed E-state index contributed by atoms with van der Waals surface area (Å²) in [5.41, 5.74) is 2.23. The molecular weight excluding hydrogens is 420 g/mol. The zero-order valence-corrected chi connectivity index (χ0v) is 20.4. The number of hydrogen-bond acceptors (Lipinski definition) is 5. The molecule has 32 heavy (non-hydrogen) atoms. The predicted octanol–water partition coefficient (Wildman–Crippen LogP) is 4.06. The molecular formula is C24H36N6OS. The Morgan fingerprint density at radius 3 is 2.75 bits per heavy atom. The highest BCUT2D eigenvalue weighted by molar-refractivity contribution is 8.27. The van der Waals surface area contributed by atoms with E-state index in [9.17, 15) is 4.79 Å². The fourth-order valence-corrected chi connectivity index (χ4v) is 4.74. The number of likely N-dealkylation sites (N-methyl/N-ethyl adjacent to an activating group) is 1. The minimum Gasteiger partial charge on any atom is -0.361 e. The normalized spacial score (nSPS) is 17.3. The Morgan fingerprint density at radius 2 is 2.03 bits per heavy atom. The highest BCUT2D eigenvalue weighted by atomic mass is 32.2. The molecule has 1 unspecified atom stereocenters. The van der Waals surface area contributed by atoms with Gasteiger partial charge in [-0.15, -0.1) is 0 Å². The van der Waals surface area contributed by atoms with Gasteiger partial charge in [0.05, 0.1) is 0 Å². The van der Waals surface area contributed by atoms with Gasteiger partial charge in [-0.25, -0.2) is 0 Å². The molecule has 1 atom stereocenters. The molecule has 2 heterocycles. The molecule has 4 N–H and O–H groups in total. The highest BCUT2D eigenvalue weighted by Crippen LogP contribution is 2.23. The number of piperazine rings is 1. The molecule has 0 saturated carbocycles. The van der Waals surface area contributed by atoms with Crippen LogP contribution in [0.5, 0.6) is 0 Å². The van der Waals surface area contributed by atoms with Gasteiger partial charge >= 0.3 is 0 Å². The molecule has 1 aliphatic rings. The number of aromatic amines is 1. The van der Waals surface area contributed by atoms with Crippen molar-refractivity contribution in [3.05, 3.63) is 36.0 Å². The zero-order chi connectivity index (χ0) is 23.3. The molecule has 8 heteroatoms. The molecule has 0 bridgehead atoms. The summed E-state index contributed by atoms with van der Waals surface area (Å²) in [6, 6.07) is 8.14. The lowest BCUT2D eigenvalue weighted by Crippen LogP contribution is -2.58. The summed E-state index contributed by atoms with van der Waals surface area (Å²) in [7, 11) is 2.09. The second-order valence-corrected chi connectivity index (χ2v) is 10.3. The molecule has 1 amide bonds. The van der Waals surface area contributed by atoms with Gasteiger partial charge in [-0.2, -0.15) is 0 Å². The van der Waals surface area contributed by atoms with E-state index in [0.29, 0.717) is 6.54 Å². The Hall–Kier alpha value is -2.32. The van der Waals surface area contributed by atoms with E-state index in [1.54, 1.807) is 0 Å². The fraction of sp³-hybridized carbons (Fsp3) is 0.542. The number of aromatic nitrogens is 1. The van der Waals surface area contributed by atoms with Crippen molar-refractivity contribution in [3.8, 4) is 0 Å². The lowest BCUT2D eigenvalue weighted by Gasteiger charge is -2.45. The molecule has 0 spiro atoms. The molecule has 1 aromatic heterocycles. The third-order valence-corrected chi connectivity index (χ3v) is 7.23. The number of amides is 1. The number of rotatable bonds is 6. The molecule has 0 radical (unpaired) electrons. The van der Waals surface area contributed by atoms with Crippen molar-refractivity contribution in [3.63, 3.8) is 0 Å². The smallest absolute Gasteiger partial charge is 0.276 e. The van der Waals surface area contributed by atoms with Gasteiger partial charge in [-0.3, -0.25) is 20.5 Å². The standard InChI is InChI=1S/C24H36N6OS/c1-5-6-9-18(14-17-15-27-20-11-8-7-10-19(17)20)28-22(31)21(25)32-23(26)30-13-12-29(4)24(2,3)16-30/h7-8,10-11,15,18,25-27H,5-6,9,12-14,16H2,1-4H3,(H,28,31). The number of nitrogens with one attached hydrogen (secondary N) is 4. The number of nitrogens with zero attached hydrogens (tertiary/aromatic N) is 2. The molecule has 2 aromatic rings. The van der Waals surface area contributed by atoms with E-state index >= 15 is 0 Å². The van der Waals surface area contributed by atoms with Crippen molar-refractivity contribution in [1.82, 2.24) is 20.1 Å². The van der Waals surface area contributed by atoms with Crippen LogP contribution in [0.2, 0.25) is 0 Å². The summed E-state index contributed by atoms with van der Waals surface area (Å²) in [4.78, 5) is 20.4. The highest BCUT2D eigenvalue weighted by Gasteiger charge is 2.33. The lowest BCUT2D eigenvalue weighted by atomic mass is 10.0.